The van der Waals surface area contributed by atoms with Gasteiger partial charge in [0.1, 0.15) is 16.8 Å². The first-order valence-corrected chi connectivity index (χ1v) is 16.5. The normalized spacial score (nSPS) is 12.1. The molecule has 4 aromatic heterocycles. The molecule has 0 unspecified atom stereocenters. The van der Waals surface area contributed by atoms with Gasteiger partial charge in [0.25, 0.3) is 0 Å². The maximum absolute atomic E-state index is 6.61. The molecule has 0 aliphatic heterocycles. The van der Waals surface area contributed by atoms with Crippen LogP contribution < -0.4 is 0 Å². The summed E-state index contributed by atoms with van der Waals surface area (Å²) in [5.74, 6) is 0.611. The maximum atomic E-state index is 6.61. The van der Waals surface area contributed by atoms with Crippen molar-refractivity contribution in [2.24, 2.45) is 0 Å². The molecule has 7 aromatic carbocycles. The van der Waals surface area contributed by atoms with E-state index >= 15 is 0 Å². The quantitative estimate of drug-likeness (QED) is 0.196. The van der Waals surface area contributed by atoms with Crippen molar-refractivity contribution in [3.05, 3.63) is 158 Å². The summed E-state index contributed by atoms with van der Waals surface area (Å²) in [7, 11) is 0. The number of nitrogens with zero attached hydrogens (tertiary/aromatic N) is 4. The highest BCUT2D eigenvalue weighted by Gasteiger charge is 2.23. The van der Waals surface area contributed by atoms with Crippen molar-refractivity contribution in [2.75, 3.05) is 0 Å². The first-order chi connectivity index (χ1) is 24.3. The molecule has 0 aliphatic rings. The van der Waals surface area contributed by atoms with Crippen molar-refractivity contribution in [2.45, 2.75) is 0 Å². The molecule has 5 heteroatoms. The number of aromatic nitrogens is 4. The maximum Gasteiger partial charge on any atom is 0.236 e. The van der Waals surface area contributed by atoms with E-state index in [1.54, 1.807) is 0 Å². The fourth-order valence-electron chi connectivity index (χ4n) is 7.71. The lowest BCUT2D eigenvalue weighted by Crippen LogP contribution is -2.03. The van der Waals surface area contributed by atoms with Gasteiger partial charge in [-0.15, -0.1) is 0 Å². The Morgan fingerprint density at radius 1 is 0.429 bits per heavy atom. The number of benzene rings is 7. The van der Waals surface area contributed by atoms with Crippen LogP contribution >= 0.6 is 0 Å². The molecule has 0 fully saturated rings. The predicted molar refractivity (Wildman–Crippen MR) is 201 cm³/mol. The van der Waals surface area contributed by atoms with Crippen LogP contribution in [0.3, 0.4) is 0 Å². The molecule has 0 aliphatic carbocycles. The van der Waals surface area contributed by atoms with Crippen LogP contribution in [-0.4, -0.2) is 19.1 Å². The molecule has 4 heterocycles. The van der Waals surface area contributed by atoms with Gasteiger partial charge < -0.3 is 8.98 Å². The summed E-state index contributed by atoms with van der Waals surface area (Å²) >= 11 is 0. The van der Waals surface area contributed by atoms with E-state index in [1.807, 2.05) is 18.2 Å². The molecule has 0 radical (unpaired) electrons. The Morgan fingerprint density at radius 3 is 1.71 bits per heavy atom. The molecule has 11 aromatic rings. The van der Waals surface area contributed by atoms with Gasteiger partial charge >= 0.3 is 0 Å². The van der Waals surface area contributed by atoms with Crippen LogP contribution in [0.15, 0.2) is 162 Å². The smallest absolute Gasteiger partial charge is 0.236 e. The van der Waals surface area contributed by atoms with E-state index < -0.39 is 0 Å². The number of rotatable bonds is 3. The van der Waals surface area contributed by atoms with E-state index in [1.165, 1.54) is 16.3 Å². The van der Waals surface area contributed by atoms with Crippen molar-refractivity contribution in [1.29, 1.82) is 0 Å². The fraction of sp³-hybridized carbons (Fsp3) is 0. The van der Waals surface area contributed by atoms with Gasteiger partial charge in [-0.25, -0.2) is 9.97 Å². The van der Waals surface area contributed by atoms with Gasteiger partial charge in [0.05, 0.1) is 22.1 Å². The topological polar surface area (TPSA) is 48.8 Å². The fourth-order valence-corrected chi connectivity index (χ4v) is 7.71. The Bertz CT molecular complexity index is 3100. The predicted octanol–water partition coefficient (Wildman–Crippen LogP) is 11.4. The van der Waals surface area contributed by atoms with Crippen LogP contribution in [0.4, 0.5) is 0 Å². The molecule has 11 rings (SSSR count). The molecule has 0 atom stereocenters. The number of hydrogen-bond donors (Lipinski definition) is 0. The Morgan fingerprint density at radius 2 is 1.00 bits per heavy atom. The van der Waals surface area contributed by atoms with Gasteiger partial charge in [-0.2, -0.15) is 0 Å². The Labute approximate surface area is 279 Å². The van der Waals surface area contributed by atoms with E-state index in [9.17, 15) is 0 Å². The zero-order valence-corrected chi connectivity index (χ0v) is 26.2. The summed E-state index contributed by atoms with van der Waals surface area (Å²) in [6.07, 6.45) is 0. The summed E-state index contributed by atoms with van der Waals surface area (Å²) in [6.45, 7) is 0. The summed E-state index contributed by atoms with van der Waals surface area (Å²) in [6, 6.07) is 55.4. The summed E-state index contributed by atoms with van der Waals surface area (Å²) in [5, 5.41) is 7.93. The van der Waals surface area contributed by atoms with E-state index in [-0.39, 0.29) is 0 Å². The Kier molecular flexibility index (Phi) is 5.32. The van der Waals surface area contributed by atoms with Crippen LogP contribution in [-0.2, 0) is 0 Å². The van der Waals surface area contributed by atoms with Crippen LogP contribution in [0, 0.1) is 0 Å². The highest BCUT2D eigenvalue weighted by Crippen LogP contribution is 2.41. The van der Waals surface area contributed by atoms with Crippen molar-refractivity contribution in [3.63, 3.8) is 0 Å². The summed E-state index contributed by atoms with van der Waals surface area (Å²) in [4.78, 5) is 10.7. The first-order valence-electron chi connectivity index (χ1n) is 16.5. The monoisotopic (exact) mass is 626 g/mol. The second kappa shape index (κ2) is 9.89. The lowest BCUT2D eigenvalue weighted by atomic mass is 10.1. The lowest BCUT2D eigenvalue weighted by Gasteiger charge is -2.10. The molecule has 0 amide bonds. The molecule has 0 saturated carbocycles. The minimum atomic E-state index is 0.611. The summed E-state index contributed by atoms with van der Waals surface area (Å²) < 4.78 is 11.2. The summed E-state index contributed by atoms with van der Waals surface area (Å²) in [5.41, 5.74) is 9.63. The minimum Gasteiger partial charge on any atom is -0.452 e. The van der Waals surface area contributed by atoms with Crippen LogP contribution in [0.25, 0.3) is 99.3 Å². The molecular formula is C44H26N4O. The van der Waals surface area contributed by atoms with Crippen LogP contribution in [0.1, 0.15) is 0 Å². The standard InChI is InChI=1S/C44H26N4O/c1-3-13-27(14-4-1)41-43-42(35-23-28-15-7-8-16-29(28)24-40(35)49-43)46-44(45-41)48-37-22-12-10-20-32(37)34-25-38-33(26-39(34)48)31-19-9-11-21-36(31)47(38)30-17-5-2-6-18-30/h1-26H. The SMILES string of the molecule is c1ccc(-c2nc(-n3c4ccccc4c4cc5c(cc43)c3ccccc3n5-c3ccccc3)nc3c2oc2cc4ccccc4cc23)cc1. The zero-order chi connectivity index (χ0) is 32.1. The van der Waals surface area contributed by atoms with Gasteiger partial charge in [0, 0.05) is 38.2 Å². The van der Waals surface area contributed by atoms with Gasteiger partial charge in [0.15, 0.2) is 5.58 Å². The van der Waals surface area contributed by atoms with E-state index in [4.69, 9.17) is 14.4 Å². The third-order valence-corrected chi connectivity index (χ3v) is 9.90. The van der Waals surface area contributed by atoms with E-state index in [0.29, 0.717) is 11.5 Å². The second-order valence-electron chi connectivity index (χ2n) is 12.6. The minimum absolute atomic E-state index is 0.611. The van der Waals surface area contributed by atoms with Gasteiger partial charge in [-0.1, -0.05) is 109 Å². The average Bonchev–Trinajstić information content (AvgIpc) is 3.80. The van der Waals surface area contributed by atoms with Gasteiger partial charge in [-0.3, -0.25) is 4.57 Å². The second-order valence-corrected chi connectivity index (χ2v) is 12.6. The molecule has 0 N–H and O–H groups in total. The average molecular weight is 627 g/mol. The molecule has 49 heavy (non-hydrogen) atoms. The van der Waals surface area contributed by atoms with Crippen LogP contribution in [0.5, 0.6) is 0 Å². The largest absolute Gasteiger partial charge is 0.452 e. The zero-order valence-electron chi connectivity index (χ0n) is 26.2. The van der Waals surface area contributed by atoms with Gasteiger partial charge in [-0.05, 0) is 59.3 Å². The highest BCUT2D eigenvalue weighted by molar-refractivity contribution is 6.19. The Balaban J connectivity index is 1.28. The number of hydrogen-bond acceptors (Lipinski definition) is 3. The molecule has 5 nitrogen and oxygen atoms in total. The number of furan rings is 1. The molecule has 0 spiro atoms. The van der Waals surface area contributed by atoms with Crippen molar-refractivity contribution in [1.82, 2.24) is 19.1 Å². The number of fused-ring (bicyclic) bond motifs is 10. The lowest BCUT2D eigenvalue weighted by molar-refractivity contribution is 0.667. The number of para-hydroxylation sites is 3. The van der Waals surface area contributed by atoms with E-state index in [0.717, 1.165) is 71.5 Å². The Hall–Kier alpha value is -6.72. The van der Waals surface area contributed by atoms with Crippen LogP contribution in [0.2, 0.25) is 0 Å². The molecular weight excluding hydrogens is 601 g/mol. The third kappa shape index (κ3) is 3.75. The molecule has 228 valence electrons. The van der Waals surface area contributed by atoms with Gasteiger partial charge in [0.2, 0.25) is 5.95 Å². The highest BCUT2D eigenvalue weighted by atomic mass is 16.3. The molecule has 0 bridgehead atoms. The third-order valence-electron chi connectivity index (χ3n) is 9.90. The first kappa shape index (κ1) is 26.4. The van der Waals surface area contributed by atoms with E-state index in [2.05, 4.69) is 149 Å². The van der Waals surface area contributed by atoms with Crippen molar-refractivity contribution in [3.8, 4) is 22.9 Å². The van der Waals surface area contributed by atoms with Crippen molar-refractivity contribution < 1.29 is 4.42 Å². The van der Waals surface area contributed by atoms with Crippen molar-refractivity contribution >= 4 is 76.5 Å². The molecule has 0 saturated heterocycles.